The lowest BCUT2D eigenvalue weighted by Gasteiger charge is -2.22. The summed E-state index contributed by atoms with van der Waals surface area (Å²) in [6.07, 6.45) is 2.25. The molecule has 0 amide bonds. The van der Waals surface area contributed by atoms with E-state index in [2.05, 4.69) is 29.3 Å². The Morgan fingerprint density at radius 2 is 1.93 bits per heavy atom. The van der Waals surface area contributed by atoms with E-state index in [0.717, 1.165) is 11.3 Å². The number of aryl methyl sites for hydroxylation is 1. The number of nitrogens with one attached hydrogen (secondary N) is 1. The standard InChI is InChI=1S/C19H27F2N5.HI/c1-13(2)18-14(12-26(5)24-18)11-25(4)19(22-3)23-10-9-15-16(20)7-6-8-17(15)21;/h6-8,12-13H,9-11H2,1-5H3,(H,22,23);1H. The van der Waals surface area contributed by atoms with Gasteiger partial charge >= 0.3 is 0 Å². The monoisotopic (exact) mass is 491 g/mol. The maximum atomic E-state index is 13.7. The number of nitrogens with zero attached hydrogens (tertiary/aromatic N) is 4. The zero-order valence-corrected chi connectivity index (χ0v) is 18.8. The van der Waals surface area contributed by atoms with Gasteiger partial charge in [-0.25, -0.2) is 8.78 Å². The Hall–Kier alpha value is -1.71. The minimum Gasteiger partial charge on any atom is -0.356 e. The van der Waals surface area contributed by atoms with Crippen molar-refractivity contribution in [2.24, 2.45) is 12.0 Å². The predicted octanol–water partition coefficient (Wildman–Crippen LogP) is 3.69. The van der Waals surface area contributed by atoms with Gasteiger partial charge in [0.15, 0.2) is 5.96 Å². The van der Waals surface area contributed by atoms with E-state index in [1.807, 2.05) is 29.9 Å². The highest BCUT2D eigenvalue weighted by Crippen LogP contribution is 2.18. The van der Waals surface area contributed by atoms with E-state index < -0.39 is 11.6 Å². The first kappa shape index (κ1) is 23.3. The number of guanidine groups is 1. The zero-order chi connectivity index (χ0) is 19.3. The van der Waals surface area contributed by atoms with Gasteiger partial charge in [0, 0.05) is 51.6 Å². The van der Waals surface area contributed by atoms with Crippen LogP contribution >= 0.6 is 24.0 Å². The molecule has 0 spiro atoms. The molecular weight excluding hydrogens is 463 g/mol. The second-order valence-electron chi connectivity index (χ2n) is 6.65. The summed E-state index contributed by atoms with van der Waals surface area (Å²) in [6.45, 7) is 5.26. The number of rotatable bonds is 6. The summed E-state index contributed by atoms with van der Waals surface area (Å²) in [4.78, 5) is 6.23. The van der Waals surface area contributed by atoms with Crippen molar-refractivity contribution < 1.29 is 8.78 Å². The number of hydrogen-bond acceptors (Lipinski definition) is 2. The molecule has 0 aliphatic carbocycles. The molecule has 0 unspecified atom stereocenters. The topological polar surface area (TPSA) is 45.5 Å². The van der Waals surface area contributed by atoms with Gasteiger partial charge in [-0.3, -0.25) is 9.67 Å². The highest BCUT2D eigenvalue weighted by atomic mass is 127. The van der Waals surface area contributed by atoms with E-state index in [1.54, 1.807) is 7.05 Å². The summed E-state index contributed by atoms with van der Waals surface area (Å²) < 4.78 is 29.2. The fourth-order valence-corrected chi connectivity index (χ4v) is 2.95. The van der Waals surface area contributed by atoms with Crippen molar-refractivity contribution >= 4 is 29.9 Å². The molecular formula is C19H28F2IN5. The van der Waals surface area contributed by atoms with E-state index >= 15 is 0 Å². The summed E-state index contributed by atoms with van der Waals surface area (Å²) in [6, 6.07) is 3.92. The van der Waals surface area contributed by atoms with E-state index in [1.165, 1.54) is 18.2 Å². The van der Waals surface area contributed by atoms with Crippen molar-refractivity contribution in [3.05, 3.63) is 52.9 Å². The van der Waals surface area contributed by atoms with Crippen molar-refractivity contribution in [1.29, 1.82) is 0 Å². The minimum absolute atomic E-state index is 0. The molecule has 1 aromatic heterocycles. The van der Waals surface area contributed by atoms with Crippen LogP contribution in [-0.4, -0.2) is 41.3 Å². The molecule has 5 nitrogen and oxygen atoms in total. The van der Waals surface area contributed by atoms with Crippen LogP contribution in [0.25, 0.3) is 0 Å². The maximum Gasteiger partial charge on any atom is 0.193 e. The molecule has 27 heavy (non-hydrogen) atoms. The van der Waals surface area contributed by atoms with Gasteiger partial charge in [0.25, 0.3) is 0 Å². The van der Waals surface area contributed by atoms with Crippen molar-refractivity contribution in [3.63, 3.8) is 0 Å². The fraction of sp³-hybridized carbons (Fsp3) is 0.474. The molecule has 0 atom stereocenters. The third-order valence-electron chi connectivity index (χ3n) is 4.18. The molecule has 1 N–H and O–H groups in total. The summed E-state index contributed by atoms with van der Waals surface area (Å²) in [5, 5.41) is 7.68. The number of halogens is 3. The highest BCUT2D eigenvalue weighted by molar-refractivity contribution is 14.0. The number of hydrogen-bond donors (Lipinski definition) is 1. The quantitative estimate of drug-likeness (QED) is 0.381. The average molecular weight is 491 g/mol. The Kier molecular flexibility index (Phi) is 9.14. The molecule has 0 aliphatic rings. The van der Waals surface area contributed by atoms with Crippen LogP contribution in [0.1, 0.15) is 36.6 Å². The Morgan fingerprint density at radius 1 is 1.30 bits per heavy atom. The number of benzene rings is 1. The lowest BCUT2D eigenvalue weighted by atomic mass is 10.1. The molecule has 0 fully saturated rings. The normalized spacial score (nSPS) is 11.5. The van der Waals surface area contributed by atoms with Crippen LogP contribution in [0.15, 0.2) is 29.4 Å². The molecule has 0 saturated heterocycles. The van der Waals surface area contributed by atoms with Crippen LogP contribution in [0.2, 0.25) is 0 Å². The first-order valence-corrected chi connectivity index (χ1v) is 8.70. The molecule has 8 heteroatoms. The van der Waals surface area contributed by atoms with Gasteiger partial charge in [-0.05, 0) is 24.5 Å². The summed E-state index contributed by atoms with van der Waals surface area (Å²) >= 11 is 0. The third-order valence-corrected chi connectivity index (χ3v) is 4.18. The summed E-state index contributed by atoms with van der Waals surface area (Å²) in [5.74, 6) is -0.0435. The van der Waals surface area contributed by atoms with Gasteiger partial charge in [0.1, 0.15) is 11.6 Å². The Balaban J connectivity index is 0.00000364. The Labute approximate surface area is 176 Å². The van der Waals surface area contributed by atoms with Crippen LogP contribution in [0.5, 0.6) is 0 Å². The van der Waals surface area contributed by atoms with Crippen molar-refractivity contribution in [2.45, 2.75) is 32.7 Å². The van der Waals surface area contributed by atoms with Crippen LogP contribution in [0.4, 0.5) is 8.78 Å². The first-order valence-electron chi connectivity index (χ1n) is 8.70. The average Bonchev–Trinajstić information content (AvgIpc) is 2.94. The molecule has 0 radical (unpaired) electrons. The maximum absolute atomic E-state index is 13.7. The fourth-order valence-electron chi connectivity index (χ4n) is 2.95. The molecule has 1 aromatic carbocycles. The Bertz CT molecular complexity index is 753. The van der Waals surface area contributed by atoms with Gasteiger partial charge in [-0.15, -0.1) is 24.0 Å². The van der Waals surface area contributed by atoms with Crippen molar-refractivity contribution in [2.75, 3.05) is 20.6 Å². The van der Waals surface area contributed by atoms with E-state index in [4.69, 9.17) is 0 Å². The van der Waals surface area contributed by atoms with E-state index in [9.17, 15) is 8.78 Å². The van der Waals surface area contributed by atoms with Gasteiger partial charge in [-0.1, -0.05) is 19.9 Å². The highest BCUT2D eigenvalue weighted by Gasteiger charge is 2.15. The largest absolute Gasteiger partial charge is 0.356 e. The molecule has 0 aliphatic heterocycles. The summed E-state index contributed by atoms with van der Waals surface area (Å²) in [5.41, 5.74) is 2.28. The minimum atomic E-state index is -0.521. The van der Waals surface area contributed by atoms with Gasteiger partial charge in [-0.2, -0.15) is 5.10 Å². The van der Waals surface area contributed by atoms with Gasteiger partial charge in [0.05, 0.1) is 5.69 Å². The van der Waals surface area contributed by atoms with E-state index in [-0.39, 0.29) is 36.0 Å². The molecule has 2 aromatic rings. The lowest BCUT2D eigenvalue weighted by molar-refractivity contribution is 0.472. The molecule has 2 rings (SSSR count). The SMILES string of the molecule is CN=C(NCCc1c(F)cccc1F)N(C)Cc1cn(C)nc1C(C)C.I. The predicted molar refractivity (Wildman–Crippen MR) is 116 cm³/mol. The van der Waals surface area contributed by atoms with Crippen LogP contribution in [-0.2, 0) is 20.0 Å². The zero-order valence-electron chi connectivity index (χ0n) is 16.5. The number of aliphatic imine (C=N–C) groups is 1. The van der Waals surface area contributed by atoms with Crippen molar-refractivity contribution in [1.82, 2.24) is 20.0 Å². The van der Waals surface area contributed by atoms with Crippen LogP contribution in [0.3, 0.4) is 0 Å². The Morgan fingerprint density at radius 3 is 2.48 bits per heavy atom. The second kappa shape index (κ2) is 10.6. The molecule has 0 saturated carbocycles. The number of aromatic nitrogens is 2. The molecule has 0 bridgehead atoms. The van der Waals surface area contributed by atoms with Gasteiger partial charge in [0.2, 0.25) is 0 Å². The molecule has 150 valence electrons. The smallest absolute Gasteiger partial charge is 0.193 e. The second-order valence-corrected chi connectivity index (χ2v) is 6.65. The van der Waals surface area contributed by atoms with Crippen molar-refractivity contribution in [3.8, 4) is 0 Å². The van der Waals surface area contributed by atoms with Crippen LogP contribution in [0, 0.1) is 11.6 Å². The lowest BCUT2D eigenvalue weighted by Crippen LogP contribution is -2.39. The first-order chi connectivity index (χ1) is 12.3. The van der Waals surface area contributed by atoms with E-state index in [0.29, 0.717) is 25.0 Å². The molecule has 1 heterocycles. The summed E-state index contributed by atoms with van der Waals surface area (Å²) in [7, 11) is 5.52. The van der Waals surface area contributed by atoms with Gasteiger partial charge < -0.3 is 10.2 Å². The van der Waals surface area contributed by atoms with Crippen LogP contribution < -0.4 is 5.32 Å². The third kappa shape index (κ3) is 6.15.